The molecule has 2 heterocycles. The van der Waals surface area contributed by atoms with Crippen LogP contribution in [0, 0.1) is 0 Å². The van der Waals surface area contributed by atoms with Crippen molar-refractivity contribution in [3.05, 3.63) is 24.3 Å². The van der Waals surface area contributed by atoms with Crippen molar-refractivity contribution in [1.82, 2.24) is 9.80 Å². The van der Waals surface area contributed by atoms with Crippen molar-refractivity contribution in [1.29, 1.82) is 0 Å². The molecule has 2 fully saturated rings. The molecule has 0 bridgehead atoms. The van der Waals surface area contributed by atoms with Gasteiger partial charge in [0.05, 0.1) is 6.54 Å². The molecule has 3 rings (SSSR count). The summed E-state index contributed by atoms with van der Waals surface area (Å²) < 4.78 is 0. The summed E-state index contributed by atoms with van der Waals surface area (Å²) in [4.78, 5) is 19.0. The first-order valence-corrected chi connectivity index (χ1v) is 8.26. The fourth-order valence-electron chi connectivity index (χ4n) is 3.16. The first-order chi connectivity index (χ1) is 10.7. The van der Waals surface area contributed by atoms with Crippen molar-refractivity contribution < 1.29 is 4.79 Å². The maximum absolute atomic E-state index is 12.0. The molecule has 5 heteroatoms. The van der Waals surface area contributed by atoms with Gasteiger partial charge in [0.1, 0.15) is 0 Å². The van der Waals surface area contributed by atoms with E-state index < -0.39 is 0 Å². The van der Waals surface area contributed by atoms with E-state index in [2.05, 4.69) is 39.2 Å². The van der Waals surface area contributed by atoms with Gasteiger partial charge >= 0.3 is 0 Å². The maximum Gasteiger partial charge on any atom is 0.238 e. The minimum Gasteiger partial charge on any atom is -0.369 e. The average molecular weight is 302 g/mol. The molecule has 120 valence electrons. The van der Waals surface area contributed by atoms with Gasteiger partial charge in [-0.05, 0) is 57.2 Å². The zero-order valence-electron chi connectivity index (χ0n) is 13.4. The van der Waals surface area contributed by atoms with Crippen molar-refractivity contribution >= 4 is 17.3 Å². The Kier molecular flexibility index (Phi) is 4.95. The number of likely N-dealkylation sites (tertiary alicyclic amines) is 1. The summed E-state index contributed by atoms with van der Waals surface area (Å²) in [5.41, 5.74) is 2.13. The highest BCUT2D eigenvalue weighted by molar-refractivity contribution is 5.92. The van der Waals surface area contributed by atoms with Crippen LogP contribution in [0.3, 0.4) is 0 Å². The summed E-state index contributed by atoms with van der Waals surface area (Å²) >= 11 is 0. The quantitative estimate of drug-likeness (QED) is 0.914. The topological polar surface area (TPSA) is 38.8 Å². The van der Waals surface area contributed by atoms with Crippen LogP contribution in [0.2, 0.25) is 0 Å². The molecule has 0 atom stereocenters. The van der Waals surface area contributed by atoms with Crippen molar-refractivity contribution in [2.24, 2.45) is 0 Å². The zero-order valence-corrected chi connectivity index (χ0v) is 13.4. The number of nitrogens with one attached hydrogen (secondary N) is 1. The molecule has 0 radical (unpaired) electrons. The van der Waals surface area contributed by atoms with E-state index in [-0.39, 0.29) is 5.91 Å². The van der Waals surface area contributed by atoms with Crippen LogP contribution in [0.5, 0.6) is 0 Å². The lowest BCUT2D eigenvalue weighted by Crippen LogP contribution is -2.44. The monoisotopic (exact) mass is 302 g/mol. The molecule has 2 aliphatic heterocycles. The second-order valence-electron chi connectivity index (χ2n) is 6.37. The molecule has 0 spiro atoms. The van der Waals surface area contributed by atoms with E-state index in [1.807, 2.05) is 12.1 Å². The van der Waals surface area contributed by atoms with E-state index in [0.29, 0.717) is 6.54 Å². The van der Waals surface area contributed by atoms with E-state index in [1.165, 1.54) is 18.5 Å². The van der Waals surface area contributed by atoms with Gasteiger partial charge < -0.3 is 15.1 Å². The number of benzene rings is 1. The molecule has 2 saturated heterocycles. The fraction of sp³-hybridized carbons (Fsp3) is 0.588. The van der Waals surface area contributed by atoms with Gasteiger partial charge in [0.2, 0.25) is 5.91 Å². The smallest absolute Gasteiger partial charge is 0.238 e. The number of carbonyl (C=O) groups is 1. The lowest BCUT2D eigenvalue weighted by Gasteiger charge is -2.34. The highest BCUT2D eigenvalue weighted by Crippen LogP contribution is 2.19. The Hall–Kier alpha value is -1.59. The average Bonchev–Trinajstić information content (AvgIpc) is 3.02. The summed E-state index contributed by atoms with van der Waals surface area (Å²) in [5.74, 6) is 0.0919. The summed E-state index contributed by atoms with van der Waals surface area (Å²) in [6.45, 7) is 6.96. The van der Waals surface area contributed by atoms with Gasteiger partial charge in [-0.1, -0.05) is 0 Å². The molecule has 1 aromatic rings. The van der Waals surface area contributed by atoms with Crippen LogP contribution >= 0.6 is 0 Å². The molecule has 0 unspecified atom stereocenters. The van der Waals surface area contributed by atoms with Crippen LogP contribution < -0.4 is 10.2 Å². The fourth-order valence-corrected chi connectivity index (χ4v) is 3.16. The van der Waals surface area contributed by atoms with Crippen molar-refractivity contribution in [2.45, 2.75) is 12.8 Å². The molecule has 2 aliphatic rings. The highest BCUT2D eigenvalue weighted by Gasteiger charge is 2.16. The lowest BCUT2D eigenvalue weighted by molar-refractivity contribution is -0.117. The molecule has 0 aromatic heterocycles. The van der Waals surface area contributed by atoms with Crippen LogP contribution in [0.1, 0.15) is 12.8 Å². The number of hydrogen-bond donors (Lipinski definition) is 1. The Balaban J connectivity index is 1.51. The Morgan fingerprint density at radius 2 is 1.64 bits per heavy atom. The maximum atomic E-state index is 12.0. The highest BCUT2D eigenvalue weighted by atomic mass is 16.2. The first-order valence-electron chi connectivity index (χ1n) is 8.26. The number of nitrogens with zero attached hydrogens (tertiary/aromatic N) is 3. The predicted octanol–water partition coefficient (Wildman–Crippen LogP) is 1.47. The number of hydrogen-bond acceptors (Lipinski definition) is 4. The SMILES string of the molecule is CN1CCN(c2ccc(NC(=O)CN3CCCC3)cc2)CC1. The molecular formula is C17H26N4O. The summed E-state index contributed by atoms with van der Waals surface area (Å²) in [7, 11) is 2.16. The van der Waals surface area contributed by atoms with Crippen LogP contribution in [0.4, 0.5) is 11.4 Å². The molecule has 1 aromatic carbocycles. The summed E-state index contributed by atoms with van der Waals surface area (Å²) in [6, 6.07) is 8.23. The van der Waals surface area contributed by atoms with Crippen LogP contribution in [0.15, 0.2) is 24.3 Å². The van der Waals surface area contributed by atoms with Crippen molar-refractivity contribution in [3.8, 4) is 0 Å². The largest absolute Gasteiger partial charge is 0.369 e. The van der Waals surface area contributed by atoms with Gasteiger partial charge in [-0.15, -0.1) is 0 Å². The molecule has 5 nitrogen and oxygen atoms in total. The number of rotatable bonds is 4. The van der Waals surface area contributed by atoms with Crippen molar-refractivity contribution in [2.75, 3.05) is 63.1 Å². The molecule has 1 amide bonds. The minimum absolute atomic E-state index is 0.0919. The predicted molar refractivity (Wildman–Crippen MR) is 90.5 cm³/mol. The molecule has 0 saturated carbocycles. The number of anilines is 2. The van der Waals surface area contributed by atoms with E-state index in [0.717, 1.165) is 45.0 Å². The Labute approximate surface area is 132 Å². The number of amides is 1. The number of carbonyl (C=O) groups excluding carboxylic acids is 1. The van der Waals surface area contributed by atoms with Gasteiger partial charge in [-0.2, -0.15) is 0 Å². The molecule has 0 aliphatic carbocycles. The van der Waals surface area contributed by atoms with E-state index in [4.69, 9.17) is 0 Å². The first kappa shape index (κ1) is 15.3. The standard InChI is InChI=1S/C17H26N4O/c1-19-10-12-21(13-11-19)16-6-4-15(5-7-16)18-17(22)14-20-8-2-3-9-20/h4-7H,2-3,8-14H2,1H3,(H,18,22). The zero-order chi connectivity index (χ0) is 15.4. The third-order valence-electron chi connectivity index (χ3n) is 4.59. The van der Waals surface area contributed by atoms with Crippen molar-refractivity contribution in [3.63, 3.8) is 0 Å². The molecule has 1 N–H and O–H groups in total. The van der Waals surface area contributed by atoms with Gasteiger partial charge in [0.25, 0.3) is 0 Å². The van der Waals surface area contributed by atoms with E-state index >= 15 is 0 Å². The van der Waals surface area contributed by atoms with E-state index in [1.54, 1.807) is 0 Å². The second-order valence-corrected chi connectivity index (χ2v) is 6.37. The Morgan fingerprint density at radius 3 is 2.27 bits per heavy atom. The molecular weight excluding hydrogens is 276 g/mol. The van der Waals surface area contributed by atoms with Gasteiger partial charge in [-0.25, -0.2) is 0 Å². The summed E-state index contributed by atoms with van der Waals surface area (Å²) in [6.07, 6.45) is 2.43. The number of piperazine rings is 1. The summed E-state index contributed by atoms with van der Waals surface area (Å²) in [5, 5.41) is 3.00. The third-order valence-corrected chi connectivity index (χ3v) is 4.59. The van der Waals surface area contributed by atoms with Gasteiger partial charge in [0, 0.05) is 37.6 Å². The van der Waals surface area contributed by atoms with Crippen LogP contribution in [-0.4, -0.2) is 68.6 Å². The van der Waals surface area contributed by atoms with E-state index in [9.17, 15) is 4.79 Å². The normalized spacial score (nSPS) is 20.3. The lowest BCUT2D eigenvalue weighted by atomic mass is 10.2. The third kappa shape index (κ3) is 3.99. The second kappa shape index (κ2) is 7.11. The minimum atomic E-state index is 0.0919. The van der Waals surface area contributed by atoms with Gasteiger partial charge in [0.15, 0.2) is 0 Å². The van der Waals surface area contributed by atoms with Gasteiger partial charge in [-0.3, -0.25) is 9.69 Å². The van der Waals surface area contributed by atoms with Crippen LogP contribution in [0.25, 0.3) is 0 Å². The number of likely N-dealkylation sites (N-methyl/N-ethyl adjacent to an activating group) is 1. The Bertz CT molecular complexity index is 488. The molecule has 22 heavy (non-hydrogen) atoms. The Morgan fingerprint density at radius 1 is 1.00 bits per heavy atom. The van der Waals surface area contributed by atoms with Crippen LogP contribution in [-0.2, 0) is 4.79 Å².